The van der Waals surface area contributed by atoms with Gasteiger partial charge in [-0.1, -0.05) is 68.4 Å². The molecule has 5 rings (SSSR count). The van der Waals surface area contributed by atoms with Crippen LogP contribution in [0.5, 0.6) is 0 Å². The minimum atomic E-state index is -4.57. The van der Waals surface area contributed by atoms with E-state index in [-0.39, 0.29) is 34.6 Å². The maximum atomic E-state index is 14.1. The minimum absolute atomic E-state index is 0.0157. The number of nitrogens with one attached hydrogen (secondary N) is 1. The van der Waals surface area contributed by atoms with Gasteiger partial charge in [0.1, 0.15) is 16.6 Å². The van der Waals surface area contributed by atoms with Crippen molar-refractivity contribution in [3.8, 4) is 0 Å². The fourth-order valence-electron chi connectivity index (χ4n) is 5.85. The highest BCUT2D eigenvalue weighted by molar-refractivity contribution is 7.91. The highest BCUT2D eigenvalue weighted by Gasteiger charge is 2.51. The second-order valence-electron chi connectivity index (χ2n) is 12.2. The quantitative estimate of drug-likeness (QED) is 0.309. The number of carbonyl (C=O) groups is 3. The van der Waals surface area contributed by atoms with Crippen LogP contribution in [0, 0.1) is 11.8 Å². The van der Waals surface area contributed by atoms with Gasteiger partial charge in [0, 0.05) is 12.6 Å². The van der Waals surface area contributed by atoms with Crippen LogP contribution < -0.4 is 9.62 Å². The maximum absolute atomic E-state index is 14.1. The highest BCUT2D eigenvalue weighted by Crippen LogP contribution is 2.43. The van der Waals surface area contributed by atoms with Gasteiger partial charge in [-0.2, -0.15) is 21.1 Å². The van der Waals surface area contributed by atoms with Crippen LogP contribution in [0.15, 0.2) is 82.1 Å². The number of benzene rings is 3. The summed E-state index contributed by atoms with van der Waals surface area (Å²) in [4.78, 5) is 40.1. The van der Waals surface area contributed by atoms with Crippen LogP contribution in [0.3, 0.4) is 0 Å². The van der Waals surface area contributed by atoms with Crippen LogP contribution in [0.4, 0.5) is 16.2 Å². The third kappa shape index (κ3) is 6.14. The molecule has 1 aliphatic heterocycles. The van der Waals surface area contributed by atoms with E-state index < -0.39 is 49.2 Å². The van der Waals surface area contributed by atoms with Gasteiger partial charge in [-0.3, -0.25) is 13.9 Å². The standard InChI is InChI=1S/C33H36N4O8S2/c1-21(2)17-18-33(3)25-14-10-9-13-24(25)29(38)28(30(33)39)31-34-26-16-15-23(19-27(26)46(41,42)35-31)36(4)47(43,44)37(32(40)45-5)20-22-11-7-6-8-12-22/h6-16,19,21,28H,17-18,20H2,1-5H3,(H,34,35). The number of rotatable bonds is 9. The molecule has 248 valence electrons. The second kappa shape index (κ2) is 12.6. The largest absolute Gasteiger partial charge is 0.452 e. The van der Waals surface area contributed by atoms with E-state index >= 15 is 0 Å². The average Bonchev–Trinajstić information content (AvgIpc) is 3.05. The van der Waals surface area contributed by atoms with E-state index in [1.54, 1.807) is 61.5 Å². The van der Waals surface area contributed by atoms with Crippen LogP contribution in [0.25, 0.3) is 0 Å². The molecule has 2 atom stereocenters. The molecule has 3 aromatic carbocycles. The van der Waals surface area contributed by atoms with E-state index in [0.717, 1.165) is 17.5 Å². The van der Waals surface area contributed by atoms with Crippen molar-refractivity contribution >= 4 is 55.1 Å². The number of amides is 1. The zero-order valence-electron chi connectivity index (χ0n) is 26.6. The van der Waals surface area contributed by atoms with Crippen molar-refractivity contribution in [2.45, 2.75) is 50.5 Å². The van der Waals surface area contributed by atoms with Gasteiger partial charge in [0.25, 0.3) is 10.0 Å². The molecule has 1 N–H and O–H groups in total. The lowest BCUT2D eigenvalue weighted by molar-refractivity contribution is -0.125. The Labute approximate surface area is 274 Å². The number of fused-ring (bicyclic) bond motifs is 2. The molecule has 1 heterocycles. The SMILES string of the molecule is COC(=O)N(Cc1ccccc1)S(=O)(=O)N(C)c1ccc2c(c1)S(=O)(=O)N=C(C1C(=O)c3ccccc3C(C)(CCC(C)C)C1=O)N2. The topological polar surface area (TPSA) is 160 Å². The van der Waals surface area contributed by atoms with Gasteiger partial charge in [-0.15, -0.1) is 4.40 Å². The lowest BCUT2D eigenvalue weighted by atomic mass is 9.63. The van der Waals surface area contributed by atoms with E-state index in [2.05, 4.69) is 9.71 Å². The van der Waals surface area contributed by atoms with E-state index in [4.69, 9.17) is 4.74 Å². The van der Waals surface area contributed by atoms with Crippen LogP contribution >= 0.6 is 0 Å². The first kappa shape index (κ1) is 33.8. The first-order valence-corrected chi connectivity index (χ1v) is 17.8. The summed E-state index contributed by atoms with van der Waals surface area (Å²) in [5.74, 6) is -2.52. The molecule has 1 amide bonds. The predicted octanol–water partition coefficient (Wildman–Crippen LogP) is 4.92. The van der Waals surface area contributed by atoms with Crippen molar-refractivity contribution in [1.82, 2.24) is 4.31 Å². The van der Waals surface area contributed by atoms with Crippen molar-refractivity contribution in [1.29, 1.82) is 0 Å². The van der Waals surface area contributed by atoms with Crippen LogP contribution in [-0.2, 0) is 41.7 Å². The summed E-state index contributed by atoms with van der Waals surface area (Å²) in [6.45, 7) is 5.52. The summed E-state index contributed by atoms with van der Waals surface area (Å²) >= 11 is 0. The Hall–Kier alpha value is -4.56. The Kier molecular flexibility index (Phi) is 9.03. The molecule has 2 unspecified atom stereocenters. The third-order valence-electron chi connectivity index (χ3n) is 8.61. The number of ether oxygens (including phenoxy) is 1. The number of sulfonamides is 1. The fraction of sp³-hybridized carbons (Fsp3) is 0.333. The van der Waals surface area contributed by atoms with Gasteiger partial charge in [0.15, 0.2) is 11.6 Å². The maximum Gasteiger partial charge on any atom is 0.424 e. The summed E-state index contributed by atoms with van der Waals surface area (Å²) in [5.41, 5.74) is 0.331. The second-order valence-corrected chi connectivity index (χ2v) is 15.6. The molecule has 2 aliphatic rings. The first-order chi connectivity index (χ1) is 22.1. The smallest absolute Gasteiger partial charge is 0.424 e. The molecular weight excluding hydrogens is 645 g/mol. The molecule has 47 heavy (non-hydrogen) atoms. The summed E-state index contributed by atoms with van der Waals surface area (Å²) in [7, 11) is -6.87. The fourth-order valence-corrected chi connectivity index (χ4v) is 8.27. The van der Waals surface area contributed by atoms with Crippen molar-refractivity contribution < 1.29 is 36.0 Å². The molecule has 1 aliphatic carbocycles. The van der Waals surface area contributed by atoms with E-state index in [1.165, 1.54) is 19.2 Å². The van der Waals surface area contributed by atoms with E-state index in [1.807, 2.05) is 13.8 Å². The molecule has 0 saturated heterocycles. The molecule has 14 heteroatoms. The zero-order chi connectivity index (χ0) is 34.3. The monoisotopic (exact) mass is 680 g/mol. The van der Waals surface area contributed by atoms with Crippen LogP contribution in [-0.4, -0.2) is 58.8 Å². The minimum Gasteiger partial charge on any atom is -0.452 e. The molecule has 0 aromatic heterocycles. The van der Waals surface area contributed by atoms with Gasteiger partial charge in [0.05, 0.1) is 30.4 Å². The number of Topliss-reactive ketones (excluding diaryl/α,β-unsaturated/α-hetero) is 2. The molecule has 3 aromatic rings. The van der Waals surface area contributed by atoms with Crippen molar-refractivity contribution in [3.05, 3.63) is 89.5 Å². The van der Waals surface area contributed by atoms with Crippen molar-refractivity contribution in [2.24, 2.45) is 16.2 Å². The summed E-state index contributed by atoms with van der Waals surface area (Å²) in [5, 5.41) is 2.88. The normalized spacial score (nSPS) is 20.0. The van der Waals surface area contributed by atoms with Gasteiger partial charge < -0.3 is 10.1 Å². The molecule has 0 saturated carbocycles. The van der Waals surface area contributed by atoms with Gasteiger partial charge in [0.2, 0.25) is 0 Å². The number of hydrogen-bond donors (Lipinski definition) is 1. The Balaban J connectivity index is 1.50. The number of carbonyl (C=O) groups excluding carboxylic acids is 3. The molecule has 12 nitrogen and oxygen atoms in total. The number of methoxy groups -OCH3 is 1. The Morgan fingerprint density at radius 3 is 2.36 bits per heavy atom. The lowest BCUT2D eigenvalue weighted by Crippen LogP contribution is -2.51. The molecule has 0 spiro atoms. The number of hydrogen-bond acceptors (Lipinski definition) is 9. The van der Waals surface area contributed by atoms with E-state index in [0.29, 0.717) is 33.8 Å². The lowest BCUT2D eigenvalue weighted by Gasteiger charge is -2.39. The summed E-state index contributed by atoms with van der Waals surface area (Å²) < 4.78 is 64.4. The first-order valence-electron chi connectivity index (χ1n) is 14.9. The summed E-state index contributed by atoms with van der Waals surface area (Å²) in [6.07, 6.45) is 0.0278. The molecular formula is C33H36N4O8S2. The Bertz CT molecular complexity index is 2000. The van der Waals surface area contributed by atoms with Crippen LogP contribution in [0.1, 0.15) is 55.1 Å². The number of nitrogens with zero attached hydrogens (tertiary/aromatic N) is 3. The zero-order valence-corrected chi connectivity index (χ0v) is 28.3. The Morgan fingerprint density at radius 1 is 1.04 bits per heavy atom. The molecule has 0 fully saturated rings. The number of ketones is 2. The predicted molar refractivity (Wildman–Crippen MR) is 177 cm³/mol. The third-order valence-corrected chi connectivity index (χ3v) is 11.7. The summed E-state index contributed by atoms with van der Waals surface area (Å²) in [6, 6.07) is 19.0. The van der Waals surface area contributed by atoms with Gasteiger partial charge in [-0.25, -0.2) is 4.79 Å². The number of anilines is 2. The van der Waals surface area contributed by atoms with Crippen molar-refractivity contribution in [3.63, 3.8) is 0 Å². The van der Waals surface area contributed by atoms with Crippen LogP contribution in [0.2, 0.25) is 0 Å². The van der Waals surface area contributed by atoms with Crippen molar-refractivity contribution in [2.75, 3.05) is 23.8 Å². The molecule has 0 radical (unpaired) electrons. The number of amidine groups is 1. The molecule has 0 bridgehead atoms. The highest BCUT2D eigenvalue weighted by atomic mass is 32.2. The van der Waals surface area contributed by atoms with E-state index in [9.17, 15) is 31.2 Å². The van der Waals surface area contributed by atoms with Gasteiger partial charge in [-0.05, 0) is 55.0 Å². The Morgan fingerprint density at radius 2 is 1.70 bits per heavy atom. The average molecular weight is 681 g/mol. The van der Waals surface area contributed by atoms with Gasteiger partial charge >= 0.3 is 16.3 Å².